The lowest BCUT2D eigenvalue weighted by atomic mass is 10.1. The molecule has 1 unspecified atom stereocenters. The first kappa shape index (κ1) is 9.84. The molecule has 0 saturated carbocycles. The molecule has 2 aliphatic rings. The molecule has 0 saturated heterocycles. The SMILES string of the molecule is CN1CCc2nc3n(c2C1)CC(C(=O)O)C3. The topological polar surface area (TPSA) is 58.4 Å². The number of carboxylic acid groups (broad SMARTS) is 1. The quantitative estimate of drug-likeness (QED) is 0.732. The largest absolute Gasteiger partial charge is 0.481 e. The van der Waals surface area contributed by atoms with Crippen molar-refractivity contribution in [3.05, 3.63) is 17.2 Å². The van der Waals surface area contributed by atoms with Crippen LogP contribution in [0.2, 0.25) is 0 Å². The highest BCUT2D eigenvalue weighted by Crippen LogP contribution is 2.27. The number of likely N-dealkylation sites (N-methyl/N-ethyl adjacent to an activating group) is 1. The molecule has 1 aromatic heterocycles. The van der Waals surface area contributed by atoms with Crippen molar-refractivity contribution in [2.75, 3.05) is 13.6 Å². The van der Waals surface area contributed by atoms with Crippen LogP contribution in [-0.2, 0) is 30.7 Å². The Balaban J connectivity index is 1.94. The van der Waals surface area contributed by atoms with Gasteiger partial charge in [0, 0.05) is 32.5 Å². The van der Waals surface area contributed by atoms with Gasteiger partial charge < -0.3 is 14.6 Å². The highest BCUT2D eigenvalue weighted by atomic mass is 16.4. The lowest BCUT2D eigenvalue weighted by molar-refractivity contribution is -0.141. The van der Waals surface area contributed by atoms with Crippen molar-refractivity contribution in [1.82, 2.24) is 14.5 Å². The van der Waals surface area contributed by atoms with Crippen LogP contribution in [-0.4, -0.2) is 39.1 Å². The van der Waals surface area contributed by atoms with Gasteiger partial charge in [-0.1, -0.05) is 0 Å². The van der Waals surface area contributed by atoms with E-state index in [9.17, 15) is 4.79 Å². The third kappa shape index (κ3) is 1.35. The standard InChI is InChI=1S/C11H15N3O2/c1-13-3-2-8-9(6-13)14-5-7(11(15)16)4-10(14)12-8/h7H,2-6H2,1H3,(H,15,16). The number of aliphatic carboxylic acids is 1. The summed E-state index contributed by atoms with van der Waals surface area (Å²) in [6.45, 7) is 2.54. The molecular formula is C11H15N3O2. The van der Waals surface area contributed by atoms with Gasteiger partial charge in [-0.3, -0.25) is 4.79 Å². The van der Waals surface area contributed by atoms with Gasteiger partial charge >= 0.3 is 5.97 Å². The highest BCUT2D eigenvalue weighted by Gasteiger charge is 2.33. The summed E-state index contributed by atoms with van der Waals surface area (Å²) in [6, 6.07) is 0. The van der Waals surface area contributed by atoms with Crippen molar-refractivity contribution in [3.8, 4) is 0 Å². The van der Waals surface area contributed by atoms with Crippen LogP contribution in [0.1, 0.15) is 17.2 Å². The second-order valence-corrected chi connectivity index (χ2v) is 4.76. The summed E-state index contributed by atoms with van der Waals surface area (Å²) in [4.78, 5) is 17.8. The van der Waals surface area contributed by atoms with E-state index in [4.69, 9.17) is 5.11 Å². The monoisotopic (exact) mass is 221 g/mol. The van der Waals surface area contributed by atoms with Crippen LogP contribution >= 0.6 is 0 Å². The third-order valence-corrected chi connectivity index (χ3v) is 3.57. The molecule has 86 valence electrons. The average Bonchev–Trinajstić information content (AvgIpc) is 2.75. The normalized spacial score (nSPS) is 24.2. The lowest BCUT2D eigenvalue weighted by Crippen LogP contribution is -2.28. The molecule has 0 amide bonds. The number of aromatic nitrogens is 2. The predicted octanol–water partition coefficient (Wildman–Crippen LogP) is 0.128. The van der Waals surface area contributed by atoms with Crippen LogP contribution in [0.3, 0.4) is 0 Å². The molecule has 0 aliphatic carbocycles. The van der Waals surface area contributed by atoms with E-state index < -0.39 is 5.97 Å². The smallest absolute Gasteiger partial charge is 0.308 e. The maximum atomic E-state index is 10.9. The predicted molar refractivity (Wildman–Crippen MR) is 57.1 cm³/mol. The third-order valence-electron chi connectivity index (χ3n) is 3.57. The maximum Gasteiger partial charge on any atom is 0.308 e. The molecule has 3 heterocycles. The first-order valence-corrected chi connectivity index (χ1v) is 5.63. The van der Waals surface area contributed by atoms with Crippen LogP contribution in [0.15, 0.2) is 0 Å². The summed E-state index contributed by atoms with van der Waals surface area (Å²) >= 11 is 0. The number of nitrogens with zero attached hydrogens (tertiary/aromatic N) is 3. The van der Waals surface area contributed by atoms with Gasteiger partial charge in [-0.25, -0.2) is 4.98 Å². The fraction of sp³-hybridized carbons (Fsp3) is 0.636. The molecular weight excluding hydrogens is 206 g/mol. The number of hydrogen-bond donors (Lipinski definition) is 1. The molecule has 0 bridgehead atoms. The zero-order chi connectivity index (χ0) is 11.3. The Morgan fingerprint density at radius 1 is 1.56 bits per heavy atom. The number of carbonyl (C=O) groups is 1. The molecule has 5 nitrogen and oxygen atoms in total. The van der Waals surface area contributed by atoms with E-state index in [2.05, 4.69) is 21.5 Å². The summed E-state index contributed by atoms with van der Waals surface area (Å²) in [7, 11) is 2.09. The molecule has 5 heteroatoms. The van der Waals surface area contributed by atoms with E-state index in [0.717, 1.165) is 25.3 Å². The second-order valence-electron chi connectivity index (χ2n) is 4.76. The molecule has 0 aromatic carbocycles. The zero-order valence-electron chi connectivity index (χ0n) is 9.31. The van der Waals surface area contributed by atoms with Crippen molar-refractivity contribution in [3.63, 3.8) is 0 Å². The van der Waals surface area contributed by atoms with Crippen molar-refractivity contribution in [2.45, 2.75) is 25.9 Å². The minimum Gasteiger partial charge on any atom is -0.481 e. The van der Waals surface area contributed by atoms with Gasteiger partial charge in [-0.2, -0.15) is 0 Å². The number of carboxylic acids is 1. The van der Waals surface area contributed by atoms with E-state index in [1.165, 1.54) is 11.4 Å². The number of fused-ring (bicyclic) bond motifs is 3. The summed E-state index contributed by atoms with van der Waals surface area (Å²) in [5.41, 5.74) is 2.41. The molecule has 1 aromatic rings. The van der Waals surface area contributed by atoms with E-state index in [1.54, 1.807) is 0 Å². The molecule has 0 radical (unpaired) electrons. The summed E-state index contributed by atoms with van der Waals surface area (Å²) in [5.74, 6) is -0.0175. The van der Waals surface area contributed by atoms with E-state index in [1.807, 2.05) is 0 Å². The van der Waals surface area contributed by atoms with Gasteiger partial charge in [0.05, 0.1) is 17.3 Å². The first-order valence-electron chi connectivity index (χ1n) is 5.63. The summed E-state index contributed by atoms with van der Waals surface area (Å²) in [5, 5.41) is 9.01. The average molecular weight is 221 g/mol. The van der Waals surface area contributed by atoms with Gasteiger partial charge in [0.15, 0.2) is 0 Å². The van der Waals surface area contributed by atoms with Crippen LogP contribution < -0.4 is 0 Å². The molecule has 16 heavy (non-hydrogen) atoms. The van der Waals surface area contributed by atoms with Gasteiger partial charge in [0.1, 0.15) is 5.82 Å². The fourth-order valence-electron chi connectivity index (χ4n) is 2.64. The van der Waals surface area contributed by atoms with E-state index in [-0.39, 0.29) is 5.92 Å². The number of rotatable bonds is 1. The minimum atomic E-state index is -0.705. The van der Waals surface area contributed by atoms with E-state index >= 15 is 0 Å². The highest BCUT2D eigenvalue weighted by molar-refractivity contribution is 5.70. The van der Waals surface area contributed by atoms with Crippen LogP contribution in [0, 0.1) is 5.92 Å². The number of imidazole rings is 1. The Kier molecular flexibility index (Phi) is 2.04. The van der Waals surface area contributed by atoms with Gasteiger partial charge in [0.2, 0.25) is 0 Å². The Morgan fingerprint density at radius 3 is 3.12 bits per heavy atom. The minimum absolute atomic E-state index is 0.278. The lowest BCUT2D eigenvalue weighted by Gasteiger charge is -2.23. The van der Waals surface area contributed by atoms with Crippen molar-refractivity contribution < 1.29 is 9.90 Å². The van der Waals surface area contributed by atoms with Crippen molar-refractivity contribution in [1.29, 1.82) is 0 Å². The van der Waals surface area contributed by atoms with Gasteiger partial charge in [0.25, 0.3) is 0 Å². The molecule has 1 N–H and O–H groups in total. The maximum absolute atomic E-state index is 10.9. The Hall–Kier alpha value is -1.36. The second kappa shape index (κ2) is 3.31. The molecule has 3 rings (SSSR count). The Labute approximate surface area is 93.7 Å². The van der Waals surface area contributed by atoms with Crippen molar-refractivity contribution >= 4 is 5.97 Å². The molecule has 2 aliphatic heterocycles. The molecule has 1 atom stereocenters. The van der Waals surface area contributed by atoms with Crippen molar-refractivity contribution in [2.24, 2.45) is 5.92 Å². The van der Waals surface area contributed by atoms with Gasteiger partial charge in [-0.05, 0) is 7.05 Å². The number of hydrogen-bond acceptors (Lipinski definition) is 3. The first-order chi connectivity index (χ1) is 7.65. The van der Waals surface area contributed by atoms with Crippen LogP contribution in [0.25, 0.3) is 0 Å². The van der Waals surface area contributed by atoms with Crippen LogP contribution in [0.4, 0.5) is 0 Å². The summed E-state index contributed by atoms with van der Waals surface area (Å²) in [6.07, 6.45) is 1.58. The Morgan fingerprint density at radius 2 is 2.38 bits per heavy atom. The fourth-order valence-corrected chi connectivity index (χ4v) is 2.64. The van der Waals surface area contributed by atoms with Crippen LogP contribution in [0.5, 0.6) is 0 Å². The van der Waals surface area contributed by atoms with E-state index in [0.29, 0.717) is 13.0 Å². The van der Waals surface area contributed by atoms with Gasteiger partial charge in [-0.15, -0.1) is 0 Å². The molecule has 0 spiro atoms. The zero-order valence-corrected chi connectivity index (χ0v) is 9.31. The molecule has 0 fully saturated rings. The Bertz CT molecular complexity index is 452. The summed E-state index contributed by atoms with van der Waals surface area (Å²) < 4.78 is 2.11.